The summed E-state index contributed by atoms with van der Waals surface area (Å²) in [4.78, 5) is 3.44. The van der Waals surface area contributed by atoms with Crippen LogP contribution in [0.2, 0.25) is 0 Å². The second kappa shape index (κ2) is 4.38. The number of pyridine rings is 1. The monoisotopic (exact) mass is 231 g/mol. The molecule has 1 heterocycles. The molecule has 0 radical (unpaired) electrons. The van der Waals surface area contributed by atoms with Gasteiger partial charge in [-0.25, -0.2) is 0 Å². The zero-order chi connectivity index (χ0) is 11.7. The van der Waals surface area contributed by atoms with E-state index in [-0.39, 0.29) is 0 Å². The van der Waals surface area contributed by atoms with Gasteiger partial charge in [0.25, 0.3) is 0 Å². The van der Waals surface area contributed by atoms with Gasteiger partial charge in [0.2, 0.25) is 0 Å². The fourth-order valence-corrected chi connectivity index (χ4v) is 2.54. The Hall–Kier alpha value is -1.15. The van der Waals surface area contributed by atoms with Crippen LogP contribution in [0.5, 0.6) is 0 Å². The molecule has 1 aromatic carbocycles. The predicted octanol–water partition coefficient (Wildman–Crippen LogP) is 4.47. The summed E-state index contributed by atoms with van der Waals surface area (Å²) < 4.78 is 1.02. The van der Waals surface area contributed by atoms with Crippen LogP contribution in [-0.2, 0) is 6.42 Å². The summed E-state index contributed by atoms with van der Waals surface area (Å²) in [5, 5.41) is 1.18. The number of rotatable bonds is 2. The van der Waals surface area contributed by atoms with Crippen molar-refractivity contribution in [2.75, 3.05) is 0 Å². The molecular formula is C14H17NS. The van der Waals surface area contributed by atoms with E-state index in [1.807, 2.05) is 0 Å². The fourth-order valence-electron chi connectivity index (χ4n) is 2.12. The average Bonchev–Trinajstić information content (AvgIpc) is 2.26. The summed E-state index contributed by atoms with van der Waals surface area (Å²) in [7, 11) is 0. The van der Waals surface area contributed by atoms with Crippen molar-refractivity contribution in [2.45, 2.75) is 33.6 Å². The van der Waals surface area contributed by atoms with Crippen molar-refractivity contribution in [1.29, 1.82) is 0 Å². The third kappa shape index (κ3) is 1.90. The molecule has 2 aromatic rings. The molecule has 0 unspecified atom stereocenters. The van der Waals surface area contributed by atoms with Gasteiger partial charge in [-0.05, 0) is 38.0 Å². The minimum absolute atomic E-state index is 1.02. The van der Waals surface area contributed by atoms with Gasteiger partial charge < -0.3 is 4.98 Å². The van der Waals surface area contributed by atoms with Crippen molar-refractivity contribution >= 4 is 23.1 Å². The molecule has 2 heteroatoms. The van der Waals surface area contributed by atoms with E-state index in [9.17, 15) is 0 Å². The number of aromatic amines is 1. The third-order valence-electron chi connectivity index (χ3n) is 2.97. The van der Waals surface area contributed by atoms with Crippen LogP contribution in [0.3, 0.4) is 0 Å². The number of aryl methyl sites for hydroxylation is 2. The molecule has 0 fully saturated rings. The van der Waals surface area contributed by atoms with Gasteiger partial charge in [-0.2, -0.15) is 0 Å². The van der Waals surface area contributed by atoms with Gasteiger partial charge in [-0.15, -0.1) is 0 Å². The Morgan fingerprint density at radius 3 is 2.69 bits per heavy atom. The molecule has 0 saturated heterocycles. The lowest BCUT2D eigenvalue weighted by Crippen LogP contribution is -1.95. The van der Waals surface area contributed by atoms with E-state index in [4.69, 9.17) is 12.2 Å². The van der Waals surface area contributed by atoms with Crippen LogP contribution >= 0.6 is 12.2 Å². The van der Waals surface area contributed by atoms with E-state index in [1.165, 1.54) is 22.2 Å². The van der Waals surface area contributed by atoms with Crippen LogP contribution in [-0.4, -0.2) is 4.98 Å². The van der Waals surface area contributed by atoms with Crippen LogP contribution in [0, 0.1) is 18.4 Å². The number of fused-ring (bicyclic) bond motifs is 1. The first-order valence-electron chi connectivity index (χ1n) is 5.75. The lowest BCUT2D eigenvalue weighted by molar-refractivity contribution is 0.901. The molecule has 0 atom stereocenters. The van der Waals surface area contributed by atoms with Crippen molar-refractivity contribution < 1.29 is 0 Å². The Morgan fingerprint density at radius 1 is 1.25 bits per heavy atom. The van der Waals surface area contributed by atoms with Gasteiger partial charge in [0.05, 0.1) is 4.51 Å². The van der Waals surface area contributed by atoms with Crippen molar-refractivity contribution in [3.63, 3.8) is 0 Å². The zero-order valence-electron chi connectivity index (χ0n) is 10.1. The highest BCUT2D eigenvalue weighted by molar-refractivity contribution is 7.71. The zero-order valence-corrected chi connectivity index (χ0v) is 10.9. The van der Waals surface area contributed by atoms with Crippen molar-refractivity contribution in [3.8, 4) is 0 Å². The SMILES string of the molecule is CCCc1c(C)[nH]c2ccc(C)cc2c1=S. The Balaban J connectivity index is 2.80. The van der Waals surface area contributed by atoms with Crippen molar-refractivity contribution in [1.82, 2.24) is 4.98 Å². The Kier molecular flexibility index (Phi) is 3.10. The summed E-state index contributed by atoms with van der Waals surface area (Å²) >= 11 is 5.59. The van der Waals surface area contributed by atoms with Crippen molar-refractivity contribution in [3.05, 3.63) is 39.5 Å². The van der Waals surface area contributed by atoms with Gasteiger partial charge in [0.1, 0.15) is 0 Å². The second-order valence-electron chi connectivity index (χ2n) is 4.36. The molecule has 1 aromatic heterocycles. The van der Waals surface area contributed by atoms with Gasteiger partial charge in [0, 0.05) is 16.6 Å². The first kappa shape index (κ1) is 11.3. The summed E-state index contributed by atoms with van der Waals surface area (Å²) in [6.07, 6.45) is 2.20. The highest BCUT2D eigenvalue weighted by Crippen LogP contribution is 2.21. The lowest BCUT2D eigenvalue weighted by atomic mass is 10.0. The fraction of sp³-hybridized carbons (Fsp3) is 0.357. The van der Waals surface area contributed by atoms with E-state index >= 15 is 0 Å². The summed E-state index contributed by atoms with van der Waals surface area (Å²) in [5.74, 6) is 0. The van der Waals surface area contributed by atoms with E-state index in [2.05, 4.69) is 44.0 Å². The molecule has 0 aliphatic heterocycles. The molecule has 2 rings (SSSR count). The first-order valence-corrected chi connectivity index (χ1v) is 6.16. The standard InChI is InChI=1S/C14H17NS/c1-4-5-11-10(3)15-13-7-6-9(2)8-12(13)14(11)16/h6-8H,4-5H2,1-3H3,(H,15,16). The van der Waals surface area contributed by atoms with Gasteiger partial charge in [0.15, 0.2) is 0 Å². The largest absolute Gasteiger partial charge is 0.358 e. The number of hydrogen-bond acceptors (Lipinski definition) is 1. The Morgan fingerprint density at radius 2 is 2.00 bits per heavy atom. The minimum atomic E-state index is 1.02. The van der Waals surface area contributed by atoms with Gasteiger partial charge >= 0.3 is 0 Å². The van der Waals surface area contributed by atoms with Crippen LogP contribution in [0.4, 0.5) is 0 Å². The summed E-state index contributed by atoms with van der Waals surface area (Å²) in [6, 6.07) is 6.41. The maximum Gasteiger partial charge on any atom is 0.0519 e. The lowest BCUT2D eigenvalue weighted by Gasteiger charge is -2.09. The Labute approximate surface area is 102 Å². The topological polar surface area (TPSA) is 15.8 Å². The molecule has 16 heavy (non-hydrogen) atoms. The smallest absolute Gasteiger partial charge is 0.0519 e. The molecule has 0 aliphatic rings. The molecule has 0 amide bonds. The summed E-state index contributed by atoms with van der Waals surface area (Å²) in [5.41, 5.74) is 4.92. The van der Waals surface area contributed by atoms with Crippen LogP contribution in [0.1, 0.15) is 30.2 Å². The minimum Gasteiger partial charge on any atom is -0.358 e. The van der Waals surface area contributed by atoms with Gasteiger partial charge in [-0.3, -0.25) is 0 Å². The van der Waals surface area contributed by atoms with Crippen LogP contribution < -0.4 is 0 Å². The quantitative estimate of drug-likeness (QED) is 0.754. The Bertz CT molecular complexity index is 581. The van der Waals surface area contributed by atoms with Crippen LogP contribution in [0.15, 0.2) is 18.2 Å². The molecule has 1 N–H and O–H groups in total. The van der Waals surface area contributed by atoms with Crippen LogP contribution in [0.25, 0.3) is 10.9 Å². The van der Waals surface area contributed by atoms with E-state index in [1.54, 1.807) is 0 Å². The average molecular weight is 231 g/mol. The maximum absolute atomic E-state index is 5.59. The van der Waals surface area contributed by atoms with Gasteiger partial charge in [-0.1, -0.05) is 37.2 Å². The molecule has 84 valence electrons. The molecule has 0 aliphatic carbocycles. The molecule has 0 saturated carbocycles. The number of hydrogen-bond donors (Lipinski definition) is 1. The number of nitrogens with one attached hydrogen (secondary N) is 1. The molecular weight excluding hydrogens is 214 g/mol. The normalized spacial score (nSPS) is 10.9. The van der Waals surface area contributed by atoms with E-state index in [0.717, 1.165) is 22.9 Å². The molecule has 0 spiro atoms. The maximum atomic E-state index is 5.59. The molecule has 1 nitrogen and oxygen atoms in total. The molecule has 0 bridgehead atoms. The summed E-state index contributed by atoms with van der Waals surface area (Å²) in [6.45, 7) is 6.41. The first-order chi connectivity index (χ1) is 7.63. The number of benzene rings is 1. The second-order valence-corrected chi connectivity index (χ2v) is 4.76. The van der Waals surface area contributed by atoms with E-state index in [0.29, 0.717) is 0 Å². The third-order valence-corrected chi connectivity index (χ3v) is 3.43. The highest BCUT2D eigenvalue weighted by Gasteiger charge is 2.05. The predicted molar refractivity (Wildman–Crippen MR) is 72.6 cm³/mol. The van der Waals surface area contributed by atoms with Crippen molar-refractivity contribution in [2.24, 2.45) is 0 Å². The number of aromatic nitrogens is 1. The van der Waals surface area contributed by atoms with E-state index < -0.39 is 0 Å². The highest BCUT2D eigenvalue weighted by atomic mass is 32.1. The number of H-pyrrole nitrogens is 1.